The minimum atomic E-state index is -0.0946. The number of carbonyl (C=O) groups excluding carboxylic acids is 1. The number of carbonyl (C=O) groups is 1. The van der Waals surface area contributed by atoms with Crippen LogP contribution in [-0.2, 0) is 11.3 Å². The van der Waals surface area contributed by atoms with Crippen LogP contribution in [0.3, 0.4) is 0 Å². The number of amides is 1. The van der Waals surface area contributed by atoms with E-state index in [4.69, 9.17) is 4.74 Å². The molecule has 0 saturated carbocycles. The first-order chi connectivity index (χ1) is 9.31. The Kier molecular flexibility index (Phi) is 6.02. The number of nitrogens with one attached hydrogen (secondary N) is 2. The van der Waals surface area contributed by atoms with Crippen molar-refractivity contribution in [2.75, 3.05) is 13.2 Å². The number of benzene rings is 1. The molecule has 0 atom stereocenters. The highest BCUT2D eigenvalue weighted by molar-refractivity contribution is 5.77. The average Bonchev–Trinajstić information content (AvgIpc) is 2.34. The second-order valence-corrected chi connectivity index (χ2v) is 5.96. The Bertz CT molecular complexity index is 450. The molecule has 0 fully saturated rings. The quantitative estimate of drug-likeness (QED) is 0.840. The van der Waals surface area contributed by atoms with E-state index in [-0.39, 0.29) is 18.1 Å². The Morgan fingerprint density at radius 1 is 1.30 bits per heavy atom. The molecule has 2 N–H and O–H groups in total. The zero-order valence-corrected chi connectivity index (χ0v) is 13.2. The fraction of sp³-hybridized carbons (Fsp3) is 0.562. The summed E-state index contributed by atoms with van der Waals surface area (Å²) < 4.78 is 5.62. The van der Waals surface area contributed by atoms with Crippen LogP contribution in [0, 0.1) is 6.92 Å². The largest absolute Gasteiger partial charge is 0.483 e. The molecule has 0 radical (unpaired) electrons. The van der Waals surface area contributed by atoms with Crippen molar-refractivity contribution in [3.63, 3.8) is 0 Å². The minimum Gasteiger partial charge on any atom is -0.483 e. The molecule has 4 heteroatoms. The second-order valence-electron chi connectivity index (χ2n) is 5.96. The number of aryl methyl sites for hydroxylation is 1. The molecule has 0 spiro atoms. The van der Waals surface area contributed by atoms with E-state index < -0.39 is 0 Å². The van der Waals surface area contributed by atoms with E-state index in [1.54, 1.807) is 0 Å². The number of likely N-dealkylation sites (N-methyl/N-ethyl adjacent to an activating group) is 1. The predicted molar refractivity (Wildman–Crippen MR) is 82.0 cm³/mol. The molecule has 0 saturated heterocycles. The Labute approximate surface area is 121 Å². The van der Waals surface area contributed by atoms with Crippen LogP contribution in [-0.4, -0.2) is 24.6 Å². The van der Waals surface area contributed by atoms with Gasteiger partial charge in [0.25, 0.3) is 5.91 Å². The SMILES string of the molecule is CCNC(=O)COc1ccc(C)cc1CNC(C)(C)C. The Morgan fingerprint density at radius 3 is 2.60 bits per heavy atom. The van der Waals surface area contributed by atoms with E-state index in [0.29, 0.717) is 6.54 Å². The molecule has 1 aromatic rings. The number of hydrogen-bond acceptors (Lipinski definition) is 3. The summed E-state index contributed by atoms with van der Waals surface area (Å²) in [6.07, 6.45) is 0. The molecular weight excluding hydrogens is 252 g/mol. The molecule has 20 heavy (non-hydrogen) atoms. The van der Waals surface area contributed by atoms with Crippen LogP contribution in [0.25, 0.3) is 0 Å². The zero-order valence-electron chi connectivity index (χ0n) is 13.2. The molecule has 112 valence electrons. The van der Waals surface area contributed by atoms with Gasteiger partial charge in [-0.15, -0.1) is 0 Å². The molecule has 0 heterocycles. The monoisotopic (exact) mass is 278 g/mol. The normalized spacial score (nSPS) is 11.2. The maximum atomic E-state index is 11.5. The van der Waals surface area contributed by atoms with E-state index in [2.05, 4.69) is 37.5 Å². The van der Waals surface area contributed by atoms with Crippen molar-refractivity contribution >= 4 is 5.91 Å². The van der Waals surface area contributed by atoms with Gasteiger partial charge in [0.05, 0.1) is 0 Å². The Hall–Kier alpha value is -1.55. The first-order valence-corrected chi connectivity index (χ1v) is 7.06. The molecule has 4 nitrogen and oxygen atoms in total. The molecule has 1 aromatic carbocycles. The fourth-order valence-electron chi connectivity index (χ4n) is 1.74. The van der Waals surface area contributed by atoms with Gasteiger partial charge in [0.15, 0.2) is 6.61 Å². The summed E-state index contributed by atoms with van der Waals surface area (Å²) >= 11 is 0. The number of hydrogen-bond donors (Lipinski definition) is 2. The maximum absolute atomic E-state index is 11.5. The van der Waals surface area contributed by atoms with E-state index in [9.17, 15) is 4.79 Å². The van der Waals surface area contributed by atoms with E-state index in [0.717, 1.165) is 17.9 Å². The lowest BCUT2D eigenvalue weighted by Crippen LogP contribution is -2.35. The van der Waals surface area contributed by atoms with Gasteiger partial charge in [0, 0.05) is 24.2 Å². The minimum absolute atomic E-state index is 0.0423. The topological polar surface area (TPSA) is 50.4 Å². The highest BCUT2D eigenvalue weighted by Gasteiger charge is 2.12. The van der Waals surface area contributed by atoms with Gasteiger partial charge in [-0.1, -0.05) is 17.7 Å². The number of rotatable bonds is 6. The fourth-order valence-corrected chi connectivity index (χ4v) is 1.74. The summed E-state index contributed by atoms with van der Waals surface area (Å²) in [5.41, 5.74) is 2.30. The van der Waals surface area contributed by atoms with Crippen LogP contribution >= 0.6 is 0 Å². The molecule has 1 amide bonds. The smallest absolute Gasteiger partial charge is 0.257 e. The third-order valence-electron chi connectivity index (χ3n) is 2.76. The van der Waals surface area contributed by atoms with Crippen LogP contribution in [0.4, 0.5) is 0 Å². The van der Waals surface area contributed by atoms with Gasteiger partial charge in [-0.05, 0) is 40.7 Å². The molecular formula is C16H26N2O2. The standard InChI is InChI=1S/C16H26N2O2/c1-6-17-15(19)11-20-14-8-7-12(2)9-13(14)10-18-16(3,4)5/h7-9,18H,6,10-11H2,1-5H3,(H,17,19). The van der Waals surface area contributed by atoms with Crippen LogP contribution in [0.1, 0.15) is 38.8 Å². The summed E-state index contributed by atoms with van der Waals surface area (Å²) in [7, 11) is 0. The third kappa shape index (κ3) is 6.06. The van der Waals surface area contributed by atoms with Gasteiger partial charge in [0.1, 0.15) is 5.75 Å². The van der Waals surface area contributed by atoms with E-state index in [1.807, 2.05) is 26.0 Å². The Balaban J connectivity index is 2.72. The van der Waals surface area contributed by atoms with Crippen molar-refractivity contribution in [1.29, 1.82) is 0 Å². The van der Waals surface area contributed by atoms with Crippen molar-refractivity contribution in [1.82, 2.24) is 10.6 Å². The summed E-state index contributed by atoms with van der Waals surface area (Å²) in [6, 6.07) is 6.01. The Morgan fingerprint density at radius 2 is 2.00 bits per heavy atom. The zero-order chi connectivity index (χ0) is 15.2. The lowest BCUT2D eigenvalue weighted by molar-refractivity contribution is -0.122. The van der Waals surface area contributed by atoms with Crippen molar-refractivity contribution in [2.45, 2.75) is 46.7 Å². The van der Waals surface area contributed by atoms with Gasteiger partial charge in [-0.25, -0.2) is 0 Å². The van der Waals surface area contributed by atoms with Crippen LogP contribution in [0.15, 0.2) is 18.2 Å². The summed E-state index contributed by atoms with van der Waals surface area (Å²) in [5.74, 6) is 0.668. The summed E-state index contributed by atoms with van der Waals surface area (Å²) in [5, 5.41) is 6.16. The van der Waals surface area contributed by atoms with E-state index >= 15 is 0 Å². The van der Waals surface area contributed by atoms with E-state index in [1.165, 1.54) is 5.56 Å². The lowest BCUT2D eigenvalue weighted by atomic mass is 10.1. The third-order valence-corrected chi connectivity index (χ3v) is 2.76. The van der Waals surface area contributed by atoms with Gasteiger partial charge >= 0.3 is 0 Å². The first-order valence-electron chi connectivity index (χ1n) is 7.06. The highest BCUT2D eigenvalue weighted by atomic mass is 16.5. The summed E-state index contributed by atoms with van der Waals surface area (Å²) in [6.45, 7) is 11.7. The van der Waals surface area contributed by atoms with Crippen molar-refractivity contribution in [3.05, 3.63) is 29.3 Å². The summed E-state index contributed by atoms with van der Waals surface area (Å²) in [4.78, 5) is 11.5. The predicted octanol–water partition coefficient (Wildman–Crippen LogP) is 2.40. The second kappa shape index (κ2) is 7.29. The lowest BCUT2D eigenvalue weighted by Gasteiger charge is -2.22. The van der Waals surface area contributed by atoms with Gasteiger partial charge in [-0.2, -0.15) is 0 Å². The highest BCUT2D eigenvalue weighted by Crippen LogP contribution is 2.20. The maximum Gasteiger partial charge on any atom is 0.257 e. The average molecular weight is 278 g/mol. The molecule has 0 aromatic heterocycles. The molecule has 0 aliphatic rings. The van der Waals surface area contributed by atoms with Gasteiger partial charge < -0.3 is 15.4 Å². The molecule has 0 aliphatic carbocycles. The van der Waals surface area contributed by atoms with Crippen molar-refractivity contribution in [3.8, 4) is 5.75 Å². The van der Waals surface area contributed by atoms with Crippen LogP contribution in [0.2, 0.25) is 0 Å². The van der Waals surface area contributed by atoms with Crippen molar-refractivity contribution < 1.29 is 9.53 Å². The van der Waals surface area contributed by atoms with Gasteiger partial charge in [-0.3, -0.25) is 4.79 Å². The van der Waals surface area contributed by atoms with Crippen LogP contribution < -0.4 is 15.4 Å². The van der Waals surface area contributed by atoms with Gasteiger partial charge in [0.2, 0.25) is 0 Å². The molecule has 1 rings (SSSR count). The van der Waals surface area contributed by atoms with Crippen molar-refractivity contribution in [2.24, 2.45) is 0 Å². The molecule has 0 unspecified atom stereocenters. The number of ether oxygens (including phenoxy) is 1. The molecule has 0 aliphatic heterocycles. The van der Waals surface area contributed by atoms with Crippen LogP contribution in [0.5, 0.6) is 5.75 Å². The molecule has 0 bridgehead atoms. The first kappa shape index (κ1) is 16.5.